The van der Waals surface area contributed by atoms with E-state index in [0.717, 1.165) is 48.8 Å². The third-order valence-corrected chi connectivity index (χ3v) is 7.27. The van der Waals surface area contributed by atoms with E-state index in [9.17, 15) is 9.59 Å². The normalized spacial score (nSPS) is 14.2. The molecule has 2 amide bonds. The van der Waals surface area contributed by atoms with E-state index < -0.39 is 6.04 Å². The van der Waals surface area contributed by atoms with Crippen molar-refractivity contribution in [3.05, 3.63) is 101 Å². The van der Waals surface area contributed by atoms with Crippen LogP contribution in [0.25, 0.3) is 0 Å². The SMILES string of the molecule is CCc1ccc(OCC(=O)N(Cc2ccccc2C)[C@H](Cc2ccccc2)C(=O)NC2CCCC2)cc1. The van der Waals surface area contributed by atoms with Gasteiger partial charge in [-0.1, -0.05) is 86.5 Å². The van der Waals surface area contributed by atoms with Crippen molar-refractivity contribution in [3.8, 4) is 5.75 Å². The van der Waals surface area contributed by atoms with Crippen LogP contribution in [0.5, 0.6) is 5.75 Å². The zero-order chi connectivity index (χ0) is 26.0. The summed E-state index contributed by atoms with van der Waals surface area (Å²) in [6.45, 7) is 4.36. The minimum atomic E-state index is -0.638. The number of hydrogen-bond acceptors (Lipinski definition) is 3. The first-order chi connectivity index (χ1) is 18.0. The van der Waals surface area contributed by atoms with E-state index in [1.807, 2.05) is 85.8 Å². The molecule has 4 rings (SSSR count). The van der Waals surface area contributed by atoms with E-state index in [1.54, 1.807) is 4.90 Å². The zero-order valence-electron chi connectivity index (χ0n) is 22.0. The Morgan fingerprint density at radius 3 is 2.27 bits per heavy atom. The highest BCUT2D eigenvalue weighted by Gasteiger charge is 2.32. The first-order valence-corrected chi connectivity index (χ1v) is 13.4. The summed E-state index contributed by atoms with van der Waals surface area (Å²) in [5.41, 5.74) is 4.35. The topological polar surface area (TPSA) is 58.6 Å². The molecule has 0 unspecified atom stereocenters. The maximum absolute atomic E-state index is 13.7. The van der Waals surface area contributed by atoms with Gasteiger partial charge in [0.1, 0.15) is 11.8 Å². The van der Waals surface area contributed by atoms with Gasteiger partial charge in [-0.3, -0.25) is 9.59 Å². The van der Waals surface area contributed by atoms with E-state index in [4.69, 9.17) is 4.74 Å². The van der Waals surface area contributed by atoms with Crippen LogP contribution in [0.1, 0.15) is 54.9 Å². The fourth-order valence-electron chi connectivity index (χ4n) is 4.94. The number of nitrogens with zero attached hydrogens (tertiary/aromatic N) is 1. The highest BCUT2D eigenvalue weighted by atomic mass is 16.5. The molecule has 3 aromatic carbocycles. The Bertz CT molecular complexity index is 1150. The molecule has 1 atom stereocenters. The summed E-state index contributed by atoms with van der Waals surface area (Å²) < 4.78 is 5.91. The number of carbonyl (C=O) groups excluding carboxylic acids is 2. The Morgan fingerprint density at radius 1 is 0.919 bits per heavy atom. The van der Waals surface area contributed by atoms with Crippen LogP contribution >= 0.6 is 0 Å². The molecule has 1 saturated carbocycles. The Labute approximate surface area is 220 Å². The summed E-state index contributed by atoms with van der Waals surface area (Å²) in [6, 6.07) is 25.3. The molecule has 0 aromatic heterocycles. The van der Waals surface area contributed by atoms with Gasteiger partial charge in [0, 0.05) is 19.0 Å². The van der Waals surface area contributed by atoms with Gasteiger partial charge in [0.05, 0.1) is 0 Å². The number of hydrogen-bond donors (Lipinski definition) is 1. The van der Waals surface area contributed by atoms with Crippen molar-refractivity contribution in [3.63, 3.8) is 0 Å². The molecule has 1 aliphatic rings. The van der Waals surface area contributed by atoms with Crippen LogP contribution in [0, 0.1) is 6.92 Å². The number of ether oxygens (including phenoxy) is 1. The predicted octanol–water partition coefficient (Wildman–Crippen LogP) is 5.64. The monoisotopic (exact) mass is 498 g/mol. The van der Waals surface area contributed by atoms with Crippen LogP contribution in [-0.4, -0.2) is 35.4 Å². The number of rotatable bonds is 11. The Hall–Kier alpha value is -3.60. The van der Waals surface area contributed by atoms with Gasteiger partial charge in [-0.05, 0) is 60.6 Å². The molecule has 0 bridgehead atoms. The maximum atomic E-state index is 13.7. The predicted molar refractivity (Wildman–Crippen MR) is 147 cm³/mol. The molecule has 0 heterocycles. The molecule has 0 radical (unpaired) electrons. The molecular weight excluding hydrogens is 460 g/mol. The lowest BCUT2D eigenvalue weighted by atomic mass is 10.0. The van der Waals surface area contributed by atoms with Crippen LogP contribution in [0.2, 0.25) is 0 Å². The number of benzene rings is 3. The van der Waals surface area contributed by atoms with Crippen molar-refractivity contribution in [2.24, 2.45) is 0 Å². The third kappa shape index (κ3) is 7.45. The second kappa shape index (κ2) is 13.1. The summed E-state index contributed by atoms with van der Waals surface area (Å²) >= 11 is 0. The first kappa shape index (κ1) is 26.5. The van der Waals surface area contributed by atoms with Gasteiger partial charge in [-0.2, -0.15) is 0 Å². The van der Waals surface area contributed by atoms with Crippen molar-refractivity contribution < 1.29 is 14.3 Å². The summed E-state index contributed by atoms with van der Waals surface area (Å²) in [5, 5.41) is 3.25. The molecule has 0 spiro atoms. The van der Waals surface area contributed by atoms with Crippen molar-refractivity contribution >= 4 is 11.8 Å². The van der Waals surface area contributed by atoms with Gasteiger partial charge < -0.3 is 15.0 Å². The molecule has 5 nitrogen and oxygen atoms in total. The molecule has 1 aliphatic carbocycles. The smallest absolute Gasteiger partial charge is 0.261 e. The number of carbonyl (C=O) groups is 2. The van der Waals surface area contributed by atoms with E-state index >= 15 is 0 Å². The second-order valence-corrected chi connectivity index (χ2v) is 9.93. The van der Waals surface area contributed by atoms with E-state index in [0.29, 0.717) is 18.7 Å². The molecule has 5 heteroatoms. The van der Waals surface area contributed by atoms with Gasteiger partial charge in [0.15, 0.2) is 6.61 Å². The first-order valence-electron chi connectivity index (χ1n) is 13.4. The minimum absolute atomic E-state index is 0.0926. The molecule has 1 N–H and O–H groups in total. The number of amides is 2. The lowest BCUT2D eigenvalue weighted by molar-refractivity contribution is -0.143. The van der Waals surface area contributed by atoms with Gasteiger partial charge >= 0.3 is 0 Å². The fraction of sp³-hybridized carbons (Fsp3) is 0.375. The molecule has 3 aromatic rings. The Morgan fingerprint density at radius 2 is 1.59 bits per heavy atom. The summed E-state index contributed by atoms with van der Waals surface area (Å²) in [5.74, 6) is 0.353. The highest BCUT2D eigenvalue weighted by Crippen LogP contribution is 2.21. The summed E-state index contributed by atoms with van der Waals surface area (Å²) in [6.07, 6.45) is 5.64. The van der Waals surface area contributed by atoms with Crippen LogP contribution in [-0.2, 0) is 29.0 Å². The van der Waals surface area contributed by atoms with Crippen LogP contribution in [0.4, 0.5) is 0 Å². The molecule has 1 fully saturated rings. The van der Waals surface area contributed by atoms with Gasteiger partial charge in [-0.15, -0.1) is 0 Å². The van der Waals surface area contributed by atoms with Crippen LogP contribution < -0.4 is 10.1 Å². The third-order valence-electron chi connectivity index (χ3n) is 7.27. The van der Waals surface area contributed by atoms with E-state index in [1.165, 1.54) is 5.56 Å². The van der Waals surface area contributed by atoms with Crippen LogP contribution in [0.3, 0.4) is 0 Å². The quantitative estimate of drug-likeness (QED) is 0.372. The van der Waals surface area contributed by atoms with Gasteiger partial charge in [0.2, 0.25) is 5.91 Å². The lowest BCUT2D eigenvalue weighted by Crippen LogP contribution is -2.53. The number of aryl methyl sites for hydroxylation is 2. The second-order valence-electron chi connectivity index (χ2n) is 9.93. The maximum Gasteiger partial charge on any atom is 0.261 e. The Kier molecular flexibility index (Phi) is 9.36. The molecule has 0 aliphatic heterocycles. The van der Waals surface area contributed by atoms with Crippen molar-refractivity contribution in [2.75, 3.05) is 6.61 Å². The van der Waals surface area contributed by atoms with Crippen molar-refractivity contribution in [2.45, 2.75) is 71.0 Å². The van der Waals surface area contributed by atoms with Crippen molar-refractivity contribution in [1.82, 2.24) is 10.2 Å². The lowest BCUT2D eigenvalue weighted by Gasteiger charge is -2.32. The fourth-order valence-corrected chi connectivity index (χ4v) is 4.94. The average molecular weight is 499 g/mol. The van der Waals surface area contributed by atoms with Crippen LogP contribution in [0.15, 0.2) is 78.9 Å². The van der Waals surface area contributed by atoms with Gasteiger partial charge in [-0.25, -0.2) is 0 Å². The standard InChI is InChI=1S/C32H38N2O3/c1-3-25-17-19-29(20-18-25)37-23-31(35)34(22-27-14-8-7-11-24(27)2)30(21-26-12-5-4-6-13-26)32(36)33-28-15-9-10-16-28/h4-8,11-14,17-20,28,30H,3,9-10,15-16,21-23H2,1-2H3,(H,33,36)/t30-/m1/s1. The molecular formula is C32H38N2O3. The summed E-state index contributed by atoms with van der Waals surface area (Å²) in [7, 11) is 0. The van der Waals surface area contributed by atoms with E-state index in [2.05, 4.69) is 12.2 Å². The zero-order valence-corrected chi connectivity index (χ0v) is 22.0. The Balaban J connectivity index is 1.60. The van der Waals surface area contributed by atoms with E-state index in [-0.39, 0.29) is 24.5 Å². The summed E-state index contributed by atoms with van der Waals surface area (Å²) in [4.78, 5) is 29.2. The number of nitrogens with one attached hydrogen (secondary N) is 1. The van der Waals surface area contributed by atoms with Crippen molar-refractivity contribution in [1.29, 1.82) is 0 Å². The molecule has 194 valence electrons. The average Bonchev–Trinajstić information content (AvgIpc) is 3.44. The highest BCUT2D eigenvalue weighted by molar-refractivity contribution is 5.88. The largest absolute Gasteiger partial charge is 0.484 e. The molecule has 37 heavy (non-hydrogen) atoms. The minimum Gasteiger partial charge on any atom is -0.484 e. The van der Waals surface area contributed by atoms with Gasteiger partial charge in [0.25, 0.3) is 5.91 Å². The molecule has 0 saturated heterocycles.